The zero-order valence-corrected chi connectivity index (χ0v) is 12.8. The number of hydrogen-bond donors (Lipinski definition) is 2. The van der Waals surface area contributed by atoms with E-state index in [1.807, 2.05) is 55.5 Å². The number of hydrazone groups is 1. The van der Waals surface area contributed by atoms with Crippen LogP contribution in [0.1, 0.15) is 12.5 Å². The van der Waals surface area contributed by atoms with E-state index in [0.29, 0.717) is 16.3 Å². The number of aromatic hydroxyl groups is 1. The van der Waals surface area contributed by atoms with Crippen molar-refractivity contribution in [1.29, 1.82) is 0 Å². The molecule has 0 amide bonds. The van der Waals surface area contributed by atoms with Crippen LogP contribution in [0, 0.1) is 0 Å². The number of anilines is 1. The van der Waals surface area contributed by atoms with Gasteiger partial charge in [-0.05, 0) is 42.6 Å². The summed E-state index contributed by atoms with van der Waals surface area (Å²) in [6, 6.07) is 18.9. The molecule has 110 valence electrons. The van der Waals surface area contributed by atoms with Crippen molar-refractivity contribution in [1.82, 2.24) is 0 Å². The van der Waals surface area contributed by atoms with Crippen molar-refractivity contribution in [2.24, 2.45) is 5.10 Å². The first-order valence-electron chi connectivity index (χ1n) is 6.92. The minimum absolute atomic E-state index is 0.247. The summed E-state index contributed by atoms with van der Waals surface area (Å²) in [6.07, 6.45) is 0. The standard InChI is InChI=1S/C18H15ClN2O/c1-12(20-21-15-9-7-14(19)8-10-15)16-11-6-13-4-2-3-5-17(13)18(16)22/h2-11,21-22H,1H3. The number of nitrogens with zero attached hydrogens (tertiary/aromatic N) is 1. The van der Waals surface area contributed by atoms with E-state index in [1.54, 1.807) is 12.1 Å². The second-order valence-electron chi connectivity index (χ2n) is 5.00. The fourth-order valence-electron chi connectivity index (χ4n) is 2.28. The summed E-state index contributed by atoms with van der Waals surface area (Å²) < 4.78 is 0. The molecule has 0 aliphatic rings. The van der Waals surface area contributed by atoms with Crippen LogP contribution in [-0.2, 0) is 0 Å². The first kappa shape index (κ1) is 14.4. The van der Waals surface area contributed by atoms with Gasteiger partial charge in [0.15, 0.2) is 0 Å². The average molecular weight is 311 g/mol. The van der Waals surface area contributed by atoms with E-state index < -0.39 is 0 Å². The fourth-order valence-corrected chi connectivity index (χ4v) is 2.41. The molecule has 0 saturated heterocycles. The van der Waals surface area contributed by atoms with Crippen molar-refractivity contribution in [3.63, 3.8) is 0 Å². The quantitative estimate of drug-likeness (QED) is 0.526. The van der Waals surface area contributed by atoms with E-state index >= 15 is 0 Å². The van der Waals surface area contributed by atoms with E-state index in [-0.39, 0.29) is 5.75 Å². The second-order valence-corrected chi connectivity index (χ2v) is 5.44. The van der Waals surface area contributed by atoms with Crippen LogP contribution in [0.3, 0.4) is 0 Å². The lowest BCUT2D eigenvalue weighted by molar-refractivity contribution is 0.480. The average Bonchev–Trinajstić information content (AvgIpc) is 2.55. The van der Waals surface area contributed by atoms with Gasteiger partial charge in [-0.15, -0.1) is 0 Å². The summed E-state index contributed by atoms with van der Waals surface area (Å²) in [4.78, 5) is 0. The maximum atomic E-state index is 10.4. The Bertz CT molecular complexity index is 841. The Balaban J connectivity index is 1.91. The number of rotatable bonds is 3. The van der Waals surface area contributed by atoms with E-state index in [9.17, 15) is 5.11 Å². The van der Waals surface area contributed by atoms with Crippen molar-refractivity contribution in [2.75, 3.05) is 5.43 Å². The first-order valence-corrected chi connectivity index (χ1v) is 7.30. The zero-order chi connectivity index (χ0) is 15.5. The molecule has 0 saturated carbocycles. The molecule has 0 fully saturated rings. The summed E-state index contributed by atoms with van der Waals surface area (Å²) in [7, 11) is 0. The molecule has 0 unspecified atom stereocenters. The third-order valence-electron chi connectivity index (χ3n) is 3.49. The molecule has 4 heteroatoms. The highest BCUT2D eigenvalue weighted by Gasteiger charge is 2.08. The summed E-state index contributed by atoms with van der Waals surface area (Å²) in [5.74, 6) is 0.247. The molecular weight excluding hydrogens is 296 g/mol. The highest BCUT2D eigenvalue weighted by Crippen LogP contribution is 2.29. The van der Waals surface area contributed by atoms with Crippen LogP contribution in [-0.4, -0.2) is 10.8 Å². The Hall–Kier alpha value is -2.52. The first-order chi connectivity index (χ1) is 10.6. The summed E-state index contributed by atoms with van der Waals surface area (Å²) in [5.41, 5.74) is 5.22. The van der Waals surface area contributed by atoms with Gasteiger partial charge in [-0.25, -0.2) is 0 Å². The van der Waals surface area contributed by atoms with Crippen molar-refractivity contribution in [3.05, 3.63) is 71.2 Å². The number of phenolic OH excluding ortho intramolecular Hbond substituents is 1. The Morgan fingerprint density at radius 2 is 1.73 bits per heavy atom. The monoisotopic (exact) mass is 310 g/mol. The topological polar surface area (TPSA) is 44.6 Å². The van der Waals surface area contributed by atoms with Crippen molar-refractivity contribution in [3.8, 4) is 5.75 Å². The number of phenols is 1. The van der Waals surface area contributed by atoms with Crippen molar-refractivity contribution >= 4 is 33.8 Å². The van der Waals surface area contributed by atoms with Crippen LogP contribution >= 0.6 is 11.6 Å². The fraction of sp³-hybridized carbons (Fsp3) is 0.0556. The number of halogens is 1. The zero-order valence-electron chi connectivity index (χ0n) is 12.0. The van der Waals surface area contributed by atoms with Crippen molar-refractivity contribution in [2.45, 2.75) is 6.92 Å². The molecule has 0 bridgehead atoms. The molecule has 3 aromatic rings. The minimum Gasteiger partial charge on any atom is -0.507 e. The third-order valence-corrected chi connectivity index (χ3v) is 3.74. The van der Waals surface area contributed by atoms with Crippen LogP contribution in [0.4, 0.5) is 5.69 Å². The van der Waals surface area contributed by atoms with Gasteiger partial charge in [0.1, 0.15) is 5.75 Å². The minimum atomic E-state index is 0.247. The van der Waals surface area contributed by atoms with E-state index in [2.05, 4.69) is 10.5 Å². The maximum Gasteiger partial charge on any atom is 0.132 e. The van der Waals surface area contributed by atoms with Gasteiger partial charge in [0, 0.05) is 16.0 Å². The van der Waals surface area contributed by atoms with Gasteiger partial charge in [0.2, 0.25) is 0 Å². The predicted octanol–water partition coefficient (Wildman–Crippen LogP) is 5.03. The molecular formula is C18H15ClN2O. The Kier molecular flexibility index (Phi) is 3.98. The third kappa shape index (κ3) is 2.90. The van der Waals surface area contributed by atoms with Gasteiger partial charge >= 0.3 is 0 Å². The number of benzene rings is 3. The normalized spacial score (nSPS) is 11.6. The largest absolute Gasteiger partial charge is 0.507 e. The molecule has 0 atom stereocenters. The molecule has 3 nitrogen and oxygen atoms in total. The Morgan fingerprint density at radius 3 is 2.50 bits per heavy atom. The van der Waals surface area contributed by atoms with E-state index in [4.69, 9.17) is 11.6 Å². The summed E-state index contributed by atoms with van der Waals surface area (Å²) in [5, 5.41) is 17.3. The van der Waals surface area contributed by atoms with Gasteiger partial charge in [-0.1, -0.05) is 41.9 Å². The van der Waals surface area contributed by atoms with Crippen LogP contribution in [0.25, 0.3) is 10.8 Å². The predicted molar refractivity (Wildman–Crippen MR) is 92.9 cm³/mol. The summed E-state index contributed by atoms with van der Waals surface area (Å²) in [6.45, 7) is 1.85. The van der Waals surface area contributed by atoms with E-state index in [1.165, 1.54) is 0 Å². The van der Waals surface area contributed by atoms with Gasteiger partial charge < -0.3 is 5.11 Å². The smallest absolute Gasteiger partial charge is 0.132 e. The van der Waals surface area contributed by atoms with Gasteiger partial charge in [0.25, 0.3) is 0 Å². The van der Waals surface area contributed by atoms with Gasteiger partial charge in [-0.2, -0.15) is 5.10 Å². The van der Waals surface area contributed by atoms with Gasteiger partial charge in [0.05, 0.1) is 11.4 Å². The molecule has 3 rings (SSSR count). The van der Waals surface area contributed by atoms with Gasteiger partial charge in [-0.3, -0.25) is 5.43 Å². The van der Waals surface area contributed by atoms with Crippen LogP contribution in [0.2, 0.25) is 5.02 Å². The summed E-state index contributed by atoms with van der Waals surface area (Å²) >= 11 is 5.85. The van der Waals surface area contributed by atoms with Crippen LogP contribution in [0.5, 0.6) is 5.75 Å². The highest BCUT2D eigenvalue weighted by molar-refractivity contribution is 6.30. The molecule has 0 heterocycles. The van der Waals surface area contributed by atoms with Crippen LogP contribution in [0.15, 0.2) is 65.8 Å². The molecule has 0 spiro atoms. The number of nitrogens with one attached hydrogen (secondary N) is 1. The van der Waals surface area contributed by atoms with Crippen molar-refractivity contribution < 1.29 is 5.11 Å². The van der Waals surface area contributed by atoms with Crippen LogP contribution < -0.4 is 5.43 Å². The number of hydrogen-bond acceptors (Lipinski definition) is 3. The molecule has 22 heavy (non-hydrogen) atoms. The lowest BCUT2D eigenvalue weighted by atomic mass is 10.0. The Morgan fingerprint density at radius 1 is 1.00 bits per heavy atom. The molecule has 0 aromatic heterocycles. The lowest BCUT2D eigenvalue weighted by Gasteiger charge is -2.08. The van der Waals surface area contributed by atoms with E-state index in [0.717, 1.165) is 16.5 Å². The highest BCUT2D eigenvalue weighted by atomic mass is 35.5. The molecule has 0 radical (unpaired) electrons. The molecule has 3 aromatic carbocycles. The number of fused-ring (bicyclic) bond motifs is 1. The molecule has 0 aliphatic heterocycles. The SMILES string of the molecule is CC(=NNc1ccc(Cl)cc1)c1ccc2ccccc2c1O. The lowest BCUT2D eigenvalue weighted by Crippen LogP contribution is -2.00. The second kappa shape index (κ2) is 6.08. The Labute approximate surface area is 133 Å². The molecule has 0 aliphatic carbocycles. The maximum absolute atomic E-state index is 10.4. The molecule has 2 N–H and O–H groups in total.